The van der Waals surface area contributed by atoms with Gasteiger partial charge in [0, 0.05) is 35.3 Å². The minimum absolute atomic E-state index is 0. The summed E-state index contributed by atoms with van der Waals surface area (Å²) in [4.78, 5) is 9.00. The Hall–Kier alpha value is -3.12. The van der Waals surface area contributed by atoms with Gasteiger partial charge >= 0.3 is 0 Å². The van der Waals surface area contributed by atoms with E-state index in [9.17, 15) is 0 Å². The summed E-state index contributed by atoms with van der Waals surface area (Å²) in [6, 6.07) is 22.7. The van der Waals surface area contributed by atoms with Gasteiger partial charge in [0.15, 0.2) is 0 Å². The number of benzene rings is 3. The average molecular weight is 454 g/mol. The minimum atomic E-state index is -0.833. The predicted molar refractivity (Wildman–Crippen MR) is 115 cm³/mol. The van der Waals surface area contributed by atoms with Crippen molar-refractivity contribution in [3.63, 3.8) is 0 Å². The molecule has 150 valence electrons. The first kappa shape index (κ1) is 22.2. The lowest BCUT2D eigenvalue weighted by Crippen LogP contribution is -3.00. The van der Waals surface area contributed by atoms with E-state index in [1.807, 2.05) is 18.2 Å². The molecule has 5 N–H and O–H groups in total. The van der Waals surface area contributed by atoms with Gasteiger partial charge in [-0.05, 0) is 43.3 Å². The maximum atomic E-state index is 9.00. The normalized spacial score (nSPS) is 10.1. The number of aliphatic carboxylic acids is 1. The molecule has 0 spiro atoms. The Morgan fingerprint density at radius 2 is 1.45 bits per heavy atom. The average Bonchev–Trinajstić information content (AvgIpc) is 2.66. The number of carboxylic acid groups (broad SMARTS) is 1. The molecule has 0 atom stereocenters. The molecule has 0 amide bonds. The third-order valence-corrected chi connectivity index (χ3v) is 4.53. The number of aryl methyl sites for hydroxylation is 1. The van der Waals surface area contributed by atoms with Crippen molar-refractivity contribution in [1.82, 2.24) is 0 Å². The Balaban J connectivity index is 0.000000552. The lowest BCUT2D eigenvalue weighted by molar-refractivity contribution is -0.655. The topological polar surface area (TPSA) is 93.2 Å². The number of hydrogen-bond donors (Lipinski definition) is 3. The summed E-state index contributed by atoms with van der Waals surface area (Å²) in [5, 5.41) is 11.0. The molecule has 0 saturated carbocycles. The SMILES string of the molecule is CC(=O)O.CC[n+]1c(-c2ccccc2)c2cc(N)ccc2c2ccc(N)cc21.[Br-]. The van der Waals surface area contributed by atoms with E-state index in [2.05, 4.69) is 60.0 Å². The number of pyridine rings is 1. The Morgan fingerprint density at radius 3 is 2.03 bits per heavy atom. The highest BCUT2D eigenvalue weighted by Crippen LogP contribution is 2.33. The quantitative estimate of drug-likeness (QED) is 0.241. The zero-order valence-corrected chi connectivity index (χ0v) is 18.0. The number of aromatic nitrogens is 1. The van der Waals surface area contributed by atoms with Crippen LogP contribution in [-0.2, 0) is 11.3 Å². The van der Waals surface area contributed by atoms with Gasteiger partial charge in [-0.1, -0.05) is 24.3 Å². The van der Waals surface area contributed by atoms with Crippen molar-refractivity contribution in [2.45, 2.75) is 20.4 Å². The van der Waals surface area contributed by atoms with Crippen molar-refractivity contribution in [3.05, 3.63) is 66.7 Å². The fraction of sp³-hybridized carbons (Fsp3) is 0.130. The van der Waals surface area contributed by atoms with Gasteiger partial charge in [0.2, 0.25) is 11.2 Å². The number of nitrogens with two attached hydrogens (primary N) is 2. The molecular formula is C23H24BrN3O2. The molecule has 0 bridgehead atoms. The molecule has 6 heteroatoms. The van der Waals surface area contributed by atoms with Gasteiger partial charge in [-0.25, -0.2) is 0 Å². The van der Waals surface area contributed by atoms with Crippen LogP contribution in [0, 0.1) is 0 Å². The van der Waals surface area contributed by atoms with Crippen molar-refractivity contribution in [3.8, 4) is 11.3 Å². The summed E-state index contributed by atoms with van der Waals surface area (Å²) in [6.07, 6.45) is 0. The molecule has 0 fully saturated rings. The van der Waals surface area contributed by atoms with Crippen LogP contribution in [0.25, 0.3) is 32.9 Å². The fourth-order valence-electron chi connectivity index (χ4n) is 3.49. The molecule has 29 heavy (non-hydrogen) atoms. The van der Waals surface area contributed by atoms with E-state index in [-0.39, 0.29) is 17.0 Å². The third-order valence-electron chi connectivity index (χ3n) is 4.53. The van der Waals surface area contributed by atoms with Crippen LogP contribution in [0.5, 0.6) is 0 Å². The molecule has 0 aliphatic rings. The second kappa shape index (κ2) is 9.39. The molecule has 0 aliphatic carbocycles. The van der Waals surface area contributed by atoms with Crippen LogP contribution < -0.4 is 33.0 Å². The first-order chi connectivity index (χ1) is 13.4. The summed E-state index contributed by atoms with van der Waals surface area (Å²) in [5.74, 6) is -0.833. The number of nitrogen functional groups attached to an aromatic ring is 2. The smallest absolute Gasteiger partial charge is 0.300 e. The van der Waals surface area contributed by atoms with Crippen LogP contribution in [0.3, 0.4) is 0 Å². The molecule has 0 saturated heterocycles. The van der Waals surface area contributed by atoms with Crippen molar-refractivity contribution < 1.29 is 31.4 Å². The highest BCUT2D eigenvalue weighted by atomic mass is 79.9. The number of carboxylic acids is 1. The number of anilines is 2. The number of nitrogens with zero attached hydrogens (tertiary/aromatic N) is 1. The van der Waals surface area contributed by atoms with E-state index in [0.717, 1.165) is 30.4 Å². The second-order valence-electron chi connectivity index (χ2n) is 6.56. The highest BCUT2D eigenvalue weighted by molar-refractivity contribution is 6.10. The molecule has 1 heterocycles. The summed E-state index contributed by atoms with van der Waals surface area (Å²) >= 11 is 0. The van der Waals surface area contributed by atoms with E-state index in [1.54, 1.807) is 0 Å². The minimum Gasteiger partial charge on any atom is -1.00 e. The number of carbonyl (C=O) groups is 1. The number of halogens is 1. The van der Waals surface area contributed by atoms with E-state index in [4.69, 9.17) is 21.4 Å². The van der Waals surface area contributed by atoms with Crippen LogP contribution in [0.2, 0.25) is 0 Å². The number of rotatable bonds is 2. The van der Waals surface area contributed by atoms with Crippen LogP contribution >= 0.6 is 0 Å². The standard InChI is InChI=1S/C21H19N3.C2H4O2.BrH/c1-2-24-20-13-16(23)9-11-18(20)17-10-8-15(22)12-19(17)21(24)14-6-4-3-5-7-14;1-2(3)4;/h3-13,23H,2,22H2,1H3;1H3,(H,3,4);1H. The van der Waals surface area contributed by atoms with E-state index >= 15 is 0 Å². The zero-order chi connectivity index (χ0) is 20.3. The first-order valence-corrected chi connectivity index (χ1v) is 9.11. The molecule has 1 aromatic heterocycles. The molecule has 3 aromatic carbocycles. The van der Waals surface area contributed by atoms with Gasteiger partial charge in [0.05, 0.1) is 10.8 Å². The summed E-state index contributed by atoms with van der Waals surface area (Å²) in [5.41, 5.74) is 17.2. The van der Waals surface area contributed by atoms with Gasteiger partial charge in [-0.3, -0.25) is 4.79 Å². The van der Waals surface area contributed by atoms with Gasteiger partial charge < -0.3 is 33.6 Å². The highest BCUT2D eigenvalue weighted by Gasteiger charge is 2.22. The Kier molecular flexibility index (Phi) is 7.18. The van der Waals surface area contributed by atoms with E-state index < -0.39 is 5.97 Å². The lowest BCUT2D eigenvalue weighted by Gasteiger charge is -2.12. The van der Waals surface area contributed by atoms with E-state index in [0.29, 0.717) is 0 Å². The predicted octanol–water partition coefficient (Wildman–Crippen LogP) is 1.23. The molecule has 0 aliphatic heterocycles. The first-order valence-electron chi connectivity index (χ1n) is 9.11. The molecule has 0 unspecified atom stereocenters. The Morgan fingerprint density at radius 1 is 0.897 bits per heavy atom. The Labute approximate surface area is 180 Å². The third kappa shape index (κ3) is 4.66. The number of hydrogen-bond acceptors (Lipinski definition) is 3. The van der Waals surface area contributed by atoms with Gasteiger partial charge in [0.1, 0.15) is 6.54 Å². The van der Waals surface area contributed by atoms with E-state index in [1.165, 1.54) is 27.4 Å². The summed E-state index contributed by atoms with van der Waals surface area (Å²) in [6.45, 7) is 4.10. The monoisotopic (exact) mass is 453 g/mol. The fourth-order valence-corrected chi connectivity index (χ4v) is 3.49. The van der Waals surface area contributed by atoms with Crippen molar-refractivity contribution >= 4 is 39.0 Å². The number of fused-ring (bicyclic) bond motifs is 3. The van der Waals surface area contributed by atoms with Crippen LogP contribution in [0.15, 0.2) is 66.7 Å². The largest absolute Gasteiger partial charge is 1.00 e. The Bertz CT molecular complexity index is 1160. The molecule has 4 rings (SSSR count). The molecule has 0 radical (unpaired) electrons. The van der Waals surface area contributed by atoms with Gasteiger partial charge in [-0.2, -0.15) is 4.57 Å². The molecular weight excluding hydrogens is 430 g/mol. The van der Waals surface area contributed by atoms with Crippen LogP contribution in [-0.4, -0.2) is 11.1 Å². The van der Waals surface area contributed by atoms with Crippen LogP contribution in [0.4, 0.5) is 11.4 Å². The lowest BCUT2D eigenvalue weighted by atomic mass is 9.98. The summed E-state index contributed by atoms with van der Waals surface area (Å²) < 4.78 is 2.32. The molecule has 5 nitrogen and oxygen atoms in total. The maximum absolute atomic E-state index is 9.00. The maximum Gasteiger partial charge on any atom is 0.300 e. The van der Waals surface area contributed by atoms with Crippen molar-refractivity contribution in [1.29, 1.82) is 0 Å². The van der Waals surface area contributed by atoms with Crippen LogP contribution in [0.1, 0.15) is 13.8 Å². The zero-order valence-electron chi connectivity index (χ0n) is 16.4. The molecule has 4 aromatic rings. The van der Waals surface area contributed by atoms with Gasteiger partial charge in [-0.15, -0.1) is 0 Å². The summed E-state index contributed by atoms with van der Waals surface area (Å²) in [7, 11) is 0. The van der Waals surface area contributed by atoms with Crippen molar-refractivity contribution in [2.75, 3.05) is 11.5 Å². The second-order valence-corrected chi connectivity index (χ2v) is 6.56. The van der Waals surface area contributed by atoms with Crippen molar-refractivity contribution in [2.24, 2.45) is 0 Å². The van der Waals surface area contributed by atoms with Gasteiger partial charge in [0.25, 0.3) is 5.97 Å².